The van der Waals surface area contributed by atoms with Crippen molar-refractivity contribution in [1.82, 2.24) is 15.1 Å². The van der Waals surface area contributed by atoms with Gasteiger partial charge in [0, 0.05) is 24.5 Å². The van der Waals surface area contributed by atoms with Gasteiger partial charge >= 0.3 is 6.09 Å². The van der Waals surface area contributed by atoms with Crippen LogP contribution in [0.25, 0.3) is 0 Å². The zero-order valence-corrected chi connectivity index (χ0v) is 13.9. The van der Waals surface area contributed by atoms with Crippen LogP contribution in [0.5, 0.6) is 0 Å². The SMILES string of the molecule is CC(C)(C)OC(=O)N1CC2(CC(Nc3ccc(Cl)nn3)C2)C1. The van der Waals surface area contributed by atoms with Gasteiger partial charge in [-0.25, -0.2) is 4.79 Å². The average Bonchev–Trinajstić information content (AvgIpc) is 2.30. The van der Waals surface area contributed by atoms with Gasteiger partial charge in [0.15, 0.2) is 5.15 Å². The number of carbonyl (C=O) groups is 1. The smallest absolute Gasteiger partial charge is 0.410 e. The molecule has 0 atom stereocenters. The van der Waals surface area contributed by atoms with E-state index in [1.807, 2.05) is 26.8 Å². The molecule has 0 radical (unpaired) electrons. The molecule has 2 aliphatic rings. The maximum absolute atomic E-state index is 11.9. The molecule has 2 heterocycles. The molecule has 3 rings (SSSR count). The second-order valence-corrected chi connectivity index (χ2v) is 7.71. The minimum Gasteiger partial charge on any atom is -0.444 e. The van der Waals surface area contributed by atoms with E-state index in [9.17, 15) is 4.79 Å². The third-order valence-electron chi connectivity index (χ3n) is 4.05. The fourth-order valence-corrected chi connectivity index (χ4v) is 3.27. The molecular weight excluding hydrogens is 304 g/mol. The second-order valence-electron chi connectivity index (χ2n) is 7.33. The molecule has 1 saturated heterocycles. The summed E-state index contributed by atoms with van der Waals surface area (Å²) in [5.74, 6) is 0.743. The summed E-state index contributed by atoms with van der Waals surface area (Å²) in [5, 5.41) is 11.5. The molecule has 0 unspecified atom stereocenters. The number of halogens is 1. The maximum atomic E-state index is 11.9. The monoisotopic (exact) mass is 324 g/mol. The number of anilines is 1. The van der Waals surface area contributed by atoms with E-state index < -0.39 is 5.60 Å². The summed E-state index contributed by atoms with van der Waals surface area (Å²) in [6.07, 6.45) is 1.87. The fraction of sp³-hybridized carbons (Fsp3) is 0.667. The van der Waals surface area contributed by atoms with E-state index in [0.29, 0.717) is 11.2 Å². The van der Waals surface area contributed by atoms with Crippen molar-refractivity contribution >= 4 is 23.5 Å². The first kappa shape index (κ1) is 15.3. The highest BCUT2D eigenvalue weighted by molar-refractivity contribution is 6.29. The van der Waals surface area contributed by atoms with E-state index in [1.165, 1.54) is 0 Å². The minimum absolute atomic E-state index is 0.210. The molecule has 1 aromatic heterocycles. The van der Waals surface area contributed by atoms with Crippen LogP contribution in [0.15, 0.2) is 12.1 Å². The lowest BCUT2D eigenvalue weighted by atomic mass is 9.61. The number of rotatable bonds is 2. The van der Waals surface area contributed by atoms with Gasteiger partial charge in [0.1, 0.15) is 11.4 Å². The molecule has 7 heteroatoms. The van der Waals surface area contributed by atoms with Crippen LogP contribution >= 0.6 is 11.6 Å². The van der Waals surface area contributed by atoms with Gasteiger partial charge in [0.05, 0.1) is 0 Å². The van der Waals surface area contributed by atoms with Crippen LogP contribution in [0.1, 0.15) is 33.6 Å². The van der Waals surface area contributed by atoms with Crippen molar-refractivity contribution in [2.75, 3.05) is 18.4 Å². The Kier molecular flexibility index (Phi) is 3.67. The summed E-state index contributed by atoms with van der Waals surface area (Å²) in [7, 11) is 0. The molecule has 1 amide bonds. The third kappa shape index (κ3) is 3.27. The normalized spacial score (nSPS) is 20.3. The number of hydrogen-bond donors (Lipinski definition) is 1. The predicted octanol–water partition coefficient (Wildman–Crippen LogP) is 2.94. The van der Waals surface area contributed by atoms with E-state index in [4.69, 9.17) is 16.3 Å². The number of aromatic nitrogens is 2. The van der Waals surface area contributed by atoms with Crippen molar-refractivity contribution in [3.63, 3.8) is 0 Å². The zero-order valence-electron chi connectivity index (χ0n) is 13.1. The highest BCUT2D eigenvalue weighted by Gasteiger charge is 2.54. The van der Waals surface area contributed by atoms with Gasteiger partial charge in [-0.1, -0.05) is 11.6 Å². The molecular formula is C15H21ClN4O2. The predicted molar refractivity (Wildman–Crippen MR) is 83.9 cm³/mol. The summed E-state index contributed by atoms with van der Waals surface area (Å²) in [6, 6.07) is 3.93. The van der Waals surface area contributed by atoms with Crippen molar-refractivity contribution in [1.29, 1.82) is 0 Å². The summed E-state index contributed by atoms with van der Waals surface area (Å²) >= 11 is 5.71. The number of ether oxygens (including phenoxy) is 1. The van der Waals surface area contributed by atoms with Crippen LogP contribution in [-0.4, -0.2) is 45.9 Å². The van der Waals surface area contributed by atoms with Crippen molar-refractivity contribution in [2.24, 2.45) is 5.41 Å². The Hall–Kier alpha value is -1.56. The van der Waals surface area contributed by atoms with Gasteiger partial charge in [-0.05, 0) is 45.7 Å². The van der Waals surface area contributed by atoms with Crippen molar-refractivity contribution in [2.45, 2.75) is 45.3 Å². The first-order chi connectivity index (χ1) is 10.2. The van der Waals surface area contributed by atoms with Crippen molar-refractivity contribution in [3.8, 4) is 0 Å². The molecule has 1 saturated carbocycles. The molecule has 6 nitrogen and oxygen atoms in total. The lowest BCUT2D eigenvalue weighted by Crippen LogP contribution is -2.66. The maximum Gasteiger partial charge on any atom is 0.410 e. The van der Waals surface area contributed by atoms with Gasteiger partial charge in [-0.3, -0.25) is 0 Å². The van der Waals surface area contributed by atoms with Crippen LogP contribution in [0.4, 0.5) is 10.6 Å². The van der Waals surface area contributed by atoms with Gasteiger partial charge in [0.25, 0.3) is 0 Å². The molecule has 1 N–H and O–H groups in total. The Morgan fingerprint density at radius 1 is 1.36 bits per heavy atom. The zero-order chi connectivity index (χ0) is 16.0. The van der Waals surface area contributed by atoms with E-state index in [0.717, 1.165) is 31.7 Å². The molecule has 1 spiro atoms. The van der Waals surface area contributed by atoms with Gasteiger partial charge in [0.2, 0.25) is 0 Å². The topological polar surface area (TPSA) is 67.3 Å². The van der Waals surface area contributed by atoms with E-state index in [-0.39, 0.29) is 11.5 Å². The number of carbonyl (C=O) groups excluding carboxylic acids is 1. The number of nitrogens with zero attached hydrogens (tertiary/aromatic N) is 3. The molecule has 0 bridgehead atoms. The van der Waals surface area contributed by atoms with Crippen LogP contribution in [0.2, 0.25) is 5.15 Å². The Morgan fingerprint density at radius 2 is 2.05 bits per heavy atom. The average molecular weight is 325 g/mol. The van der Waals surface area contributed by atoms with Crippen molar-refractivity contribution in [3.05, 3.63) is 17.3 Å². The molecule has 22 heavy (non-hydrogen) atoms. The molecule has 1 aliphatic carbocycles. The fourth-order valence-electron chi connectivity index (χ4n) is 3.17. The standard InChI is InChI=1S/C15H21ClN4O2/c1-14(2,3)22-13(21)20-8-15(9-20)6-10(7-15)17-12-5-4-11(16)18-19-12/h4-5,10H,6-9H2,1-3H3,(H,17,19). The lowest BCUT2D eigenvalue weighted by molar-refractivity contribution is -0.0739. The highest BCUT2D eigenvalue weighted by atomic mass is 35.5. The first-order valence-corrected chi connectivity index (χ1v) is 7.86. The Morgan fingerprint density at radius 3 is 2.59 bits per heavy atom. The molecule has 2 fully saturated rings. The molecule has 120 valence electrons. The van der Waals surface area contributed by atoms with E-state index >= 15 is 0 Å². The second kappa shape index (κ2) is 5.26. The van der Waals surface area contributed by atoms with Gasteiger partial charge in [-0.15, -0.1) is 10.2 Å². The van der Waals surface area contributed by atoms with Gasteiger partial charge in [-0.2, -0.15) is 0 Å². The largest absolute Gasteiger partial charge is 0.444 e. The quantitative estimate of drug-likeness (QED) is 0.906. The number of likely N-dealkylation sites (tertiary alicyclic amines) is 1. The summed E-state index contributed by atoms with van der Waals surface area (Å²) in [4.78, 5) is 13.7. The molecule has 1 aromatic rings. The Balaban J connectivity index is 1.43. The number of nitrogens with one attached hydrogen (secondary N) is 1. The summed E-state index contributed by atoms with van der Waals surface area (Å²) in [5.41, 5.74) is -0.175. The van der Waals surface area contributed by atoms with Gasteiger partial charge < -0.3 is 15.0 Å². The van der Waals surface area contributed by atoms with E-state index in [1.54, 1.807) is 11.0 Å². The lowest BCUT2D eigenvalue weighted by Gasteiger charge is -2.58. The van der Waals surface area contributed by atoms with Crippen LogP contribution in [-0.2, 0) is 4.74 Å². The number of amides is 1. The van der Waals surface area contributed by atoms with Crippen LogP contribution < -0.4 is 5.32 Å². The molecule has 0 aromatic carbocycles. The summed E-state index contributed by atoms with van der Waals surface area (Å²) in [6.45, 7) is 7.23. The van der Waals surface area contributed by atoms with Crippen molar-refractivity contribution < 1.29 is 9.53 Å². The third-order valence-corrected chi connectivity index (χ3v) is 4.25. The molecule has 1 aliphatic heterocycles. The van der Waals surface area contributed by atoms with Crippen LogP contribution in [0, 0.1) is 5.41 Å². The summed E-state index contributed by atoms with van der Waals surface area (Å²) < 4.78 is 5.38. The van der Waals surface area contributed by atoms with Crippen LogP contribution in [0.3, 0.4) is 0 Å². The Bertz CT molecular complexity index is 556. The minimum atomic E-state index is -0.434. The number of hydrogen-bond acceptors (Lipinski definition) is 5. The highest BCUT2D eigenvalue weighted by Crippen LogP contribution is 2.49. The van der Waals surface area contributed by atoms with E-state index in [2.05, 4.69) is 15.5 Å². The first-order valence-electron chi connectivity index (χ1n) is 7.48. The Labute approximate surface area is 135 Å².